The summed E-state index contributed by atoms with van der Waals surface area (Å²) >= 11 is 5.06. The molecule has 5 heteroatoms. The Morgan fingerprint density at radius 1 is 1.44 bits per heavy atom. The number of nitrogens with zero attached hydrogens (tertiary/aromatic N) is 2. The Balaban J connectivity index is 1.87. The molecule has 2 heterocycles. The van der Waals surface area contributed by atoms with E-state index in [4.69, 9.17) is 0 Å². The zero-order valence-corrected chi connectivity index (χ0v) is 11.3. The number of rotatable bonds is 4. The van der Waals surface area contributed by atoms with Gasteiger partial charge in [-0.25, -0.2) is 9.97 Å². The molecular weight excluding hydrogens is 286 g/mol. The Morgan fingerprint density at radius 2 is 2.31 bits per heavy atom. The van der Waals surface area contributed by atoms with Crippen LogP contribution in [0.2, 0.25) is 0 Å². The fourth-order valence-electron chi connectivity index (χ4n) is 1.32. The van der Waals surface area contributed by atoms with Gasteiger partial charge >= 0.3 is 0 Å². The molecule has 0 saturated heterocycles. The highest BCUT2D eigenvalue weighted by Crippen LogP contribution is 2.17. The summed E-state index contributed by atoms with van der Waals surface area (Å²) in [7, 11) is 0. The van der Waals surface area contributed by atoms with Crippen LogP contribution in [0.15, 0.2) is 27.6 Å². The number of aromatic nitrogens is 2. The van der Waals surface area contributed by atoms with E-state index in [1.54, 1.807) is 11.3 Å². The lowest BCUT2D eigenvalue weighted by atomic mass is 10.3. The van der Waals surface area contributed by atoms with Gasteiger partial charge in [-0.2, -0.15) is 0 Å². The number of nitrogens with one attached hydrogen (secondary N) is 1. The van der Waals surface area contributed by atoms with Gasteiger partial charge in [-0.3, -0.25) is 0 Å². The molecule has 0 atom stereocenters. The maximum Gasteiger partial charge on any atom is 0.126 e. The molecule has 2 rings (SSSR count). The van der Waals surface area contributed by atoms with Gasteiger partial charge in [0, 0.05) is 29.0 Å². The molecule has 0 unspecified atom stereocenters. The van der Waals surface area contributed by atoms with E-state index in [1.165, 1.54) is 5.56 Å². The van der Waals surface area contributed by atoms with Gasteiger partial charge in [0.05, 0.1) is 11.2 Å². The third-order valence-electron chi connectivity index (χ3n) is 2.22. The van der Waals surface area contributed by atoms with Crippen LogP contribution in [0, 0.1) is 6.92 Å². The van der Waals surface area contributed by atoms with Crippen molar-refractivity contribution in [1.29, 1.82) is 0 Å². The van der Waals surface area contributed by atoms with E-state index < -0.39 is 0 Å². The molecule has 0 fully saturated rings. The molecule has 0 aliphatic heterocycles. The monoisotopic (exact) mass is 297 g/mol. The molecule has 16 heavy (non-hydrogen) atoms. The van der Waals surface area contributed by atoms with Crippen molar-refractivity contribution < 1.29 is 0 Å². The van der Waals surface area contributed by atoms with Crippen LogP contribution in [0.1, 0.15) is 11.3 Å². The van der Waals surface area contributed by atoms with E-state index in [-0.39, 0.29) is 0 Å². The largest absolute Gasteiger partial charge is 0.370 e. The topological polar surface area (TPSA) is 37.8 Å². The number of thiazole rings is 1. The van der Waals surface area contributed by atoms with E-state index in [1.807, 2.05) is 17.8 Å². The van der Waals surface area contributed by atoms with Crippen molar-refractivity contribution in [2.75, 3.05) is 11.9 Å². The summed E-state index contributed by atoms with van der Waals surface area (Å²) in [5, 5.41) is 5.36. The Labute approximate surface area is 107 Å². The van der Waals surface area contributed by atoms with Crippen LogP contribution >= 0.6 is 27.3 Å². The molecule has 3 nitrogen and oxygen atoms in total. The van der Waals surface area contributed by atoms with Gasteiger partial charge in [-0.1, -0.05) is 0 Å². The number of hydrogen-bond acceptors (Lipinski definition) is 4. The lowest BCUT2D eigenvalue weighted by Gasteiger charge is -2.05. The minimum absolute atomic E-state index is 0.859. The highest BCUT2D eigenvalue weighted by Gasteiger charge is 1.99. The standard InChI is InChI=1S/C11H12BrN3S/c1-8-4-11(14-5-10(8)12)13-3-2-9-6-16-7-15-9/h4-7H,2-3H2,1H3,(H,13,14). The van der Waals surface area contributed by atoms with Crippen molar-refractivity contribution in [3.63, 3.8) is 0 Å². The molecule has 2 aromatic heterocycles. The lowest BCUT2D eigenvalue weighted by Crippen LogP contribution is -2.06. The number of hydrogen-bond donors (Lipinski definition) is 1. The van der Waals surface area contributed by atoms with Gasteiger partial charge in [-0.15, -0.1) is 11.3 Å². The predicted molar refractivity (Wildman–Crippen MR) is 71.0 cm³/mol. The van der Waals surface area contributed by atoms with E-state index in [9.17, 15) is 0 Å². The normalized spacial score (nSPS) is 10.4. The van der Waals surface area contributed by atoms with E-state index >= 15 is 0 Å². The van der Waals surface area contributed by atoms with Gasteiger partial charge in [0.25, 0.3) is 0 Å². The molecule has 0 aliphatic rings. The van der Waals surface area contributed by atoms with Crippen molar-refractivity contribution in [2.45, 2.75) is 13.3 Å². The highest BCUT2D eigenvalue weighted by atomic mass is 79.9. The second-order valence-corrected chi connectivity index (χ2v) is 5.05. The van der Waals surface area contributed by atoms with Crippen LogP contribution < -0.4 is 5.32 Å². The minimum Gasteiger partial charge on any atom is -0.370 e. The van der Waals surface area contributed by atoms with Crippen molar-refractivity contribution in [3.8, 4) is 0 Å². The second-order valence-electron chi connectivity index (χ2n) is 3.48. The first-order chi connectivity index (χ1) is 7.75. The zero-order valence-electron chi connectivity index (χ0n) is 8.90. The molecule has 1 N–H and O–H groups in total. The van der Waals surface area contributed by atoms with Crippen LogP contribution in [0.3, 0.4) is 0 Å². The van der Waals surface area contributed by atoms with Gasteiger partial charge in [0.15, 0.2) is 0 Å². The van der Waals surface area contributed by atoms with Crippen LogP contribution in [0.25, 0.3) is 0 Å². The highest BCUT2D eigenvalue weighted by molar-refractivity contribution is 9.10. The molecule has 0 saturated carbocycles. The minimum atomic E-state index is 0.859. The van der Waals surface area contributed by atoms with Crippen LogP contribution in [-0.2, 0) is 6.42 Å². The Bertz CT molecular complexity index is 456. The molecule has 0 bridgehead atoms. The SMILES string of the molecule is Cc1cc(NCCc2cscn2)ncc1Br. The number of halogens is 1. The molecule has 0 spiro atoms. The number of aryl methyl sites for hydroxylation is 1. The van der Waals surface area contributed by atoms with Crippen LogP contribution in [0.4, 0.5) is 5.82 Å². The van der Waals surface area contributed by atoms with E-state index in [0.29, 0.717) is 0 Å². The zero-order chi connectivity index (χ0) is 11.4. The quantitative estimate of drug-likeness (QED) is 0.941. The van der Waals surface area contributed by atoms with Crippen molar-refractivity contribution >= 4 is 33.1 Å². The molecule has 0 aliphatic carbocycles. The summed E-state index contributed by atoms with van der Waals surface area (Å²) in [4.78, 5) is 8.51. The third-order valence-corrected chi connectivity index (χ3v) is 3.68. The first kappa shape index (κ1) is 11.5. The fourth-order valence-corrected chi connectivity index (χ4v) is 2.13. The second kappa shape index (κ2) is 5.41. The fraction of sp³-hybridized carbons (Fsp3) is 0.273. The summed E-state index contributed by atoms with van der Waals surface area (Å²) in [6.45, 7) is 2.91. The summed E-state index contributed by atoms with van der Waals surface area (Å²) < 4.78 is 1.04. The van der Waals surface area contributed by atoms with E-state index in [0.717, 1.165) is 29.0 Å². The third kappa shape index (κ3) is 3.02. The lowest BCUT2D eigenvalue weighted by molar-refractivity contribution is 0.967. The number of anilines is 1. The average molecular weight is 298 g/mol. The summed E-state index contributed by atoms with van der Waals surface area (Å²) in [6, 6.07) is 2.03. The van der Waals surface area contributed by atoms with Gasteiger partial charge in [0.1, 0.15) is 5.82 Å². The van der Waals surface area contributed by atoms with Crippen LogP contribution in [0.5, 0.6) is 0 Å². The molecule has 0 aromatic carbocycles. The predicted octanol–water partition coefficient (Wildman–Crippen LogP) is 3.26. The van der Waals surface area contributed by atoms with E-state index in [2.05, 4.69) is 43.5 Å². The van der Waals surface area contributed by atoms with Crippen molar-refractivity contribution in [3.05, 3.63) is 38.9 Å². The van der Waals surface area contributed by atoms with Crippen LogP contribution in [-0.4, -0.2) is 16.5 Å². The maximum atomic E-state index is 4.28. The summed E-state index contributed by atoms with van der Waals surface area (Å²) in [5.74, 6) is 0.913. The summed E-state index contributed by atoms with van der Waals surface area (Å²) in [5.41, 5.74) is 4.18. The Kier molecular flexibility index (Phi) is 3.90. The van der Waals surface area contributed by atoms with Crippen molar-refractivity contribution in [2.24, 2.45) is 0 Å². The van der Waals surface area contributed by atoms with Gasteiger partial charge in [0.2, 0.25) is 0 Å². The molecule has 0 amide bonds. The average Bonchev–Trinajstić information content (AvgIpc) is 2.76. The number of pyridine rings is 1. The van der Waals surface area contributed by atoms with Gasteiger partial charge in [-0.05, 0) is 34.5 Å². The molecule has 2 aromatic rings. The Morgan fingerprint density at radius 3 is 3.00 bits per heavy atom. The van der Waals surface area contributed by atoms with Crippen molar-refractivity contribution in [1.82, 2.24) is 9.97 Å². The van der Waals surface area contributed by atoms with Gasteiger partial charge < -0.3 is 5.32 Å². The smallest absolute Gasteiger partial charge is 0.126 e. The Hall–Kier alpha value is -0.940. The molecular formula is C11H12BrN3S. The molecule has 0 radical (unpaired) electrons. The first-order valence-corrected chi connectivity index (χ1v) is 6.72. The molecule has 84 valence electrons. The first-order valence-electron chi connectivity index (χ1n) is 4.99. The summed E-state index contributed by atoms with van der Waals surface area (Å²) in [6.07, 6.45) is 2.75. The maximum absolute atomic E-state index is 4.28.